The minimum Gasteiger partial charge on any atom is -0.344 e. The summed E-state index contributed by atoms with van der Waals surface area (Å²) in [6.45, 7) is 2.26. The first-order valence-corrected chi connectivity index (χ1v) is 16.3. The number of nitrogens with zero attached hydrogens (tertiary/aromatic N) is 2. The molecule has 1 heterocycles. The van der Waals surface area contributed by atoms with Crippen molar-refractivity contribution in [1.82, 2.24) is 9.40 Å². The van der Waals surface area contributed by atoms with Crippen molar-refractivity contribution in [3.63, 3.8) is 0 Å². The van der Waals surface area contributed by atoms with Gasteiger partial charge in [-0.25, -0.2) is 13.2 Å². The highest BCUT2D eigenvalue weighted by atomic mass is 32.2. The standard InChI is InChI=1S/C32H47N3O2S/c1-3-4-5-6-7-8-9-10-11-12-13-14-15-21-26-38(36,37)34-33-30-27-32(28-22-17-16-18-23-28)35(2)31-25-20-19-24-29(30)31/h16-20,22-25,27,34H,3-15,21,26H2,1-2H3. The van der Waals surface area contributed by atoms with Crippen molar-refractivity contribution >= 4 is 20.9 Å². The van der Waals surface area contributed by atoms with Gasteiger partial charge in [-0.3, -0.25) is 0 Å². The van der Waals surface area contributed by atoms with E-state index in [2.05, 4.69) is 21.4 Å². The van der Waals surface area contributed by atoms with E-state index in [9.17, 15) is 8.42 Å². The Hall–Kier alpha value is -2.60. The molecule has 0 spiro atoms. The van der Waals surface area contributed by atoms with Crippen molar-refractivity contribution < 1.29 is 8.42 Å². The lowest BCUT2D eigenvalue weighted by Crippen LogP contribution is -2.25. The van der Waals surface area contributed by atoms with Gasteiger partial charge in [0.05, 0.1) is 22.3 Å². The highest BCUT2D eigenvalue weighted by molar-refractivity contribution is 7.89. The molecule has 0 bridgehead atoms. The van der Waals surface area contributed by atoms with Crippen LogP contribution in [0.25, 0.3) is 22.2 Å². The van der Waals surface area contributed by atoms with Crippen molar-refractivity contribution in [2.45, 2.75) is 96.8 Å². The van der Waals surface area contributed by atoms with Crippen LogP contribution in [-0.2, 0) is 17.1 Å². The van der Waals surface area contributed by atoms with Crippen LogP contribution in [0.4, 0.5) is 0 Å². The van der Waals surface area contributed by atoms with Crippen LogP contribution in [0.5, 0.6) is 0 Å². The molecule has 3 rings (SSSR count). The van der Waals surface area contributed by atoms with Gasteiger partial charge < -0.3 is 4.57 Å². The van der Waals surface area contributed by atoms with Gasteiger partial charge in [-0.05, 0) is 24.1 Å². The van der Waals surface area contributed by atoms with Gasteiger partial charge in [0.1, 0.15) is 0 Å². The highest BCUT2D eigenvalue weighted by Gasteiger charge is 2.10. The number of fused-ring (bicyclic) bond motifs is 1. The first-order chi connectivity index (χ1) is 18.5. The second kappa shape index (κ2) is 16.4. The quantitative estimate of drug-likeness (QED) is 0.132. The van der Waals surface area contributed by atoms with Gasteiger partial charge in [-0.15, -0.1) is 0 Å². The number of aryl methyl sites for hydroxylation is 1. The summed E-state index contributed by atoms with van der Waals surface area (Å²) in [6.07, 6.45) is 17.4. The SMILES string of the molecule is CCCCCCCCCCCCCCCCS(=O)(=O)NN=c1cc(-c2ccccc2)n(C)c2ccccc12. The molecule has 0 radical (unpaired) electrons. The summed E-state index contributed by atoms with van der Waals surface area (Å²) in [5.74, 6) is 0.110. The smallest absolute Gasteiger partial charge is 0.247 e. The number of benzene rings is 2. The lowest BCUT2D eigenvalue weighted by atomic mass is 10.0. The van der Waals surface area contributed by atoms with Crippen molar-refractivity contribution in [2.75, 3.05) is 5.75 Å². The molecule has 0 atom stereocenters. The molecule has 2 aromatic carbocycles. The van der Waals surface area contributed by atoms with E-state index < -0.39 is 10.0 Å². The van der Waals surface area contributed by atoms with E-state index in [1.165, 1.54) is 70.6 Å². The molecule has 5 nitrogen and oxygen atoms in total. The Morgan fingerprint density at radius 2 is 1.24 bits per heavy atom. The molecule has 0 aliphatic heterocycles. The van der Waals surface area contributed by atoms with Crippen LogP contribution in [0, 0.1) is 0 Å². The maximum Gasteiger partial charge on any atom is 0.247 e. The molecule has 208 valence electrons. The van der Waals surface area contributed by atoms with Gasteiger partial charge in [0.15, 0.2) is 0 Å². The second-order valence-corrected chi connectivity index (χ2v) is 12.3. The predicted molar refractivity (Wildman–Crippen MR) is 161 cm³/mol. The predicted octanol–water partition coefficient (Wildman–Crippen LogP) is 8.06. The van der Waals surface area contributed by atoms with Crippen molar-refractivity contribution in [3.8, 4) is 11.3 Å². The van der Waals surface area contributed by atoms with E-state index in [1.54, 1.807) is 0 Å². The largest absolute Gasteiger partial charge is 0.344 e. The third kappa shape index (κ3) is 9.94. The number of sulfonamides is 1. The fourth-order valence-corrected chi connectivity index (χ4v) is 5.96. The molecule has 0 saturated heterocycles. The molecule has 3 aromatic rings. The van der Waals surface area contributed by atoms with E-state index in [0.29, 0.717) is 11.8 Å². The van der Waals surface area contributed by atoms with E-state index in [0.717, 1.165) is 35.0 Å². The number of nitrogens with one attached hydrogen (secondary N) is 1. The Kier molecular flexibility index (Phi) is 12.9. The number of pyridine rings is 1. The Balaban J connectivity index is 1.43. The van der Waals surface area contributed by atoms with Crippen LogP contribution in [0.3, 0.4) is 0 Å². The average Bonchev–Trinajstić information content (AvgIpc) is 2.93. The average molecular weight is 538 g/mol. The van der Waals surface area contributed by atoms with Crippen LogP contribution in [0.2, 0.25) is 0 Å². The number of hydrogen-bond acceptors (Lipinski definition) is 3. The fourth-order valence-electron chi connectivity index (χ4n) is 5.05. The van der Waals surface area contributed by atoms with Gasteiger partial charge in [0.25, 0.3) is 0 Å². The molecule has 0 fully saturated rings. The van der Waals surface area contributed by atoms with Crippen LogP contribution in [0.15, 0.2) is 65.8 Å². The summed E-state index contributed by atoms with van der Waals surface area (Å²) in [6, 6.07) is 20.0. The minimum atomic E-state index is -3.48. The molecule has 38 heavy (non-hydrogen) atoms. The lowest BCUT2D eigenvalue weighted by molar-refractivity contribution is 0.536. The van der Waals surface area contributed by atoms with Crippen LogP contribution >= 0.6 is 0 Å². The third-order valence-electron chi connectivity index (χ3n) is 7.32. The van der Waals surface area contributed by atoms with Gasteiger partial charge in [-0.1, -0.05) is 139 Å². The summed E-state index contributed by atoms with van der Waals surface area (Å²) in [4.78, 5) is 2.50. The molecule has 0 saturated carbocycles. The van der Waals surface area contributed by atoms with Crippen molar-refractivity contribution in [3.05, 3.63) is 66.0 Å². The molecule has 0 unspecified atom stereocenters. The molecular formula is C32H47N3O2S. The van der Waals surface area contributed by atoms with E-state index in [1.807, 2.05) is 67.7 Å². The molecule has 1 aromatic heterocycles. The maximum atomic E-state index is 12.7. The van der Waals surface area contributed by atoms with Crippen LogP contribution in [0.1, 0.15) is 96.8 Å². The van der Waals surface area contributed by atoms with Crippen molar-refractivity contribution in [2.24, 2.45) is 12.1 Å². The molecular weight excluding hydrogens is 490 g/mol. The first kappa shape index (κ1) is 29.9. The summed E-state index contributed by atoms with van der Waals surface area (Å²) in [7, 11) is -1.45. The topological polar surface area (TPSA) is 63.5 Å². The Labute approximate surface area is 230 Å². The van der Waals surface area contributed by atoms with Gasteiger partial charge in [0.2, 0.25) is 10.0 Å². The number of hydrogen-bond donors (Lipinski definition) is 1. The summed E-state index contributed by atoms with van der Waals surface area (Å²) < 4.78 is 27.5. The molecule has 6 heteroatoms. The molecule has 0 aliphatic rings. The van der Waals surface area contributed by atoms with Crippen molar-refractivity contribution in [1.29, 1.82) is 0 Å². The second-order valence-electron chi connectivity index (χ2n) is 10.5. The monoisotopic (exact) mass is 537 g/mol. The van der Waals surface area contributed by atoms with Crippen LogP contribution in [-0.4, -0.2) is 18.7 Å². The Morgan fingerprint density at radius 1 is 0.711 bits per heavy atom. The lowest BCUT2D eigenvalue weighted by Gasteiger charge is -2.13. The maximum absolute atomic E-state index is 12.7. The summed E-state index contributed by atoms with van der Waals surface area (Å²) in [5.41, 5.74) is 3.04. The van der Waals surface area contributed by atoms with Crippen LogP contribution < -0.4 is 10.2 Å². The summed E-state index contributed by atoms with van der Waals surface area (Å²) in [5, 5.41) is 5.90. The van der Waals surface area contributed by atoms with Gasteiger partial charge >= 0.3 is 0 Å². The zero-order chi connectivity index (χ0) is 27.1. The molecule has 0 amide bonds. The highest BCUT2D eigenvalue weighted by Crippen LogP contribution is 2.21. The fraction of sp³-hybridized carbons (Fsp3) is 0.531. The normalized spacial score (nSPS) is 12.3. The number of aromatic nitrogens is 1. The Bertz CT molecular complexity index is 1270. The van der Waals surface area contributed by atoms with E-state index in [-0.39, 0.29) is 5.75 Å². The minimum absolute atomic E-state index is 0.110. The molecule has 1 N–H and O–H groups in total. The zero-order valence-electron chi connectivity index (χ0n) is 23.5. The first-order valence-electron chi connectivity index (χ1n) is 14.7. The van der Waals surface area contributed by atoms with E-state index in [4.69, 9.17) is 0 Å². The van der Waals surface area contributed by atoms with Gasteiger partial charge in [0, 0.05) is 12.4 Å². The van der Waals surface area contributed by atoms with E-state index >= 15 is 0 Å². The number of unbranched alkanes of at least 4 members (excludes halogenated alkanes) is 13. The Morgan fingerprint density at radius 3 is 1.84 bits per heavy atom. The number of rotatable bonds is 18. The third-order valence-corrected chi connectivity index (χ3v) is 8.51. The van der Waals surface area contributed by atoms with Gasteiger partial charge in [-0.2, -0.15) is 5.10 Å². The summed E-state index contributed by atoms with van der Waals surface area (Å²) >= 11 is 0. The number of para-hydroxylation sites is 1. The molecule has 0 aliphatic carbocycles. The zero-order valence-corrected chi connectivity index (χ0v) is 24.3.